The molecule has 0 spiro atoms. The number of rotatable bonds is 5. The number of non-ortho nitro benzene ring substituents is 1. The Morgan fingerprint density at radius 1 is 1.04 bits per heavy atom. The quantitative estimate of drug-likeness (QED) is 0.348. The summed E-state index contributed by atoms with van der Waals surface area (Å²) in [4.78, 5) is 48.6. The van der Waals surface area contributed by atoms with Gasteiger partial charge >= 0.3 is 5.97 Å². The number of carbonyl (C=O) groups is 3. The molecule has 0 atom stereocenters. The highest BCUT2D eigenvalue weighted by atomic mass is 16.6. The number of para-hydroxylation sites is 1. The molecule has 3 aromatic rings. The average molecular weight is 382 g/mol. The van der Waals surface area contributed by atoms with E-state index in [2.05, 4.69) is 15.8 Å². The van der Waals surface area contributed by atoms with Gasteiger partial charge in [-0.3, -0.25) is 30.6 Å². The number of ether oxygens (including phenoxy) is 1. The summed E-state index contributed by atoms with van der Waals surface area (Å²) in [5.74, 6) is -2.25. The van der Waals surface area contributed by atoms with Gasteiger partial charge in [0.2, 0.25) is 0 Å². The van der Waals surface area contributed by atoms with E-state index in [1.807, 2.05) is 18.2 Å². The zero-order valence-electron chi connectivity index (χ0n) is 14.3. The number of fused-ring (bicyclic) bond motifs is 1. The fraction of sp³-hybridized carbons (Fsp3) is 0.0556. The van der Waals surface area contributed by atoms with E-state index in [0.717, 1.165) is 17.0 Å². The Morgan fingerprint density at radius 2 is 1.82 bits per heavy atom. The molecular formula is C18H14N4O6. The van der Waals surface area contributed by atoms with Gasteiger partial charge in [-0.15, -0.1) is 0 Å². The van der Waals surface area contributed by atoms with Crippen molar-refractivity contribution in [2.75, 3.05) is 6.61 Å². The van der Waals surface area contributed by atoms with Crippen LogP contribution in [0, 0.1) is 10.1 Å². The van der Waals surface area contributed by atoms with Crippen molar-refractivity contribution in [2.24, 2.45) is 0 Å². The molecule has 0 fully saturated rings. The molecule has 10 nitrogen and oxygen atoms in total. The first kappa shape index (κ1) is 18.6. The number of nitrogens with one attached hydrogen (secondary N) is 3. The number of nitro benzene ring substituents is 1. The molecule has 0 aliphatic carbocycles. The molecule has 0 aliphatic heterocycles. The second kappa shape index (κ2) is 7.99. The maximum absolute atomic E-state index is 12.0. The topological polar surface area (TPSA) is 143 Å². The smallest absolute Gasteiger partial charge is 0.355 e. The summed E-state index contributed by atoms with van der Waals surface area (Å²) >= 11 is 0. The van der Waals surface area contributed by atoms with E-state index in [-0.39, 0.29) is 16.9 Å². The number of aromatic nitrogens is 1. The van der Waals surface area contributed by atoms with E-state index >= 15 is 0 Å². The summed E-state index contributed by atoms with van der Waals surface area (Å²) in [6.07, 6.45) is 0. The lowest BCUT2D eigenvalue weighted by Crippen LogP contribution is -2.43. The summed E-state index contributed by atoms with van der Waals surface area (Å²) in [6.45, 7) is -0.622. The van der Waals surface area contributed by atoms with Crippen molar-refractivity contribution in [1.29, 1.82) is 0 Å². The standard InChI is InChI=1S/C18H14N4O6/c23-16(20-21-17(24)12-5-3-6-13(8-12)22(26)27)10-28-18(25)15-9-11-4-1-2-7-14(11)19-15/h1-9,19H,10H2,(H,20,23)(H,21,24). The van der Waals surface area contributed by atoms with Crippen LogP contribution in [0.2, 0.25) is 0 Å². The van der Waals surface area contributed by atoms with Gasteiger partial charge in [0.05, 0.1) is 4.92 Å². The van der Waals surface area contributed by atoms with Crippen LogP contribution in [-0.4, -0.2) is 34.3 Å². The van der Waals surface area contributed by atoms with Crippen LogP contribution >= 0.6 is 0 Å². The number of hydrogen-bond acceptors (Lipinski definition) is 6. The number of hydrogen-bond donors (Lipinski definition) is 3. The summed E-state index contributed by atoms with van der Waals surface area (Å²) in [5.41, 5.74) is 4.83. The number of amides is 2. The van der Waals surface area contributed by atoms with Gasteiger partial charge in [-0.05, 0) is 18.2 Å². The number of nitro groups is 1. The van der Waals surface area contributed by atoms with Crippen molar-refractivity contribution in [2.45, 2.75) is 0 Å². The van der Waals surface area contributed by atoms with Crippen LogP contribution in [0.4, 0.5) is 5.69 Å². The van der Waals surface area contributed by atoms with Crippen molar-refractivity contribution in [3.63, 3.8) is 0 Å². The maximum atomic E-state index is 12.0. The summed E-state index contributed by atoms with van der Waals surface area (Å²) < 4.78 is 4.89. The number of hydrazine groups is 1. The van der Waals surface area contributed by atoms with Gasteiger partial charge in [-0.2, -0.15) is 0 Å². The highest BCUT2D eigenvalue weighted by molar-refractivity contribution is 5.97. The fourth-order valence-corrected chi connectivity index (χ4v) is 2.39. The van der Waals surface area contributed by atoms with E-state index in [9.17, 15) is 24.5 Å². The highest BCUT2D eigenvalue weighted by Crippen LogP contribution is 2.15. The first-order valence-electron chi connectivity index (χ1n) is 8.02. The number of carbonyl (C=O) groups excluding carboxylic acids is 3. The van der Waals surface area contributed by atoms with Gasteiger partial charge < -0.3 is 9.72 Å². The molecule has 0 saturated heterocycles. The molecule has 2 amide bonds. The largest absolute Gasteiger partial charge is 0.451 e. The van der Waals surface area contributed by atoms with Crippen LogP contribution in [0.15, 0.2) is 54.6 Å². The lowest BCUT2D eigenvalue weighted by Gasteiger charge is -2.07. The van der Waals surface area contributed by atoms with Gasteiger partial charge in [0, 0.05) is 28.6 Å². The van der Waals surface area contributed by atoms with Crippen LogP contribution in [-0.2, 0) is 9.53 Å². The molecule has 3 rings (SSSR count). The van der Waals surface area contributed by atoms with Crippen LogP contribution in [0.3, 0.4) is 0 Å². The van der Waals surface area contributed by atoms with Crippen molar-refractivity contribution in [3.8, 4) is 0 Å². The van der Waals surface area contributed by atoms with E-state index < -0.39 is 29.3 Å². The minimum Gasteiger partial charge on any atom is -0.451 e. The number of aromatic amines is 1. The molecule has 0 saturated carbocycles. The maximum Gasteiger partial charge on any atom is 0.355 e. The molecule has 0 aliphatic rings. The Morgan fingerprint density at radius 3 is 2.57 bits per heavy atom. The molecule has 1 heterocycles. The number of benzene rings is 2. The highest BCUT2D eigenvalue weighted by Gasteiger charge is 2.15. The lowest BCUT2D eigenvalue weighted by atomic mass is 10.2. The van der Waals surface area contributed by atoms with Crippen molar-refractivity contribution in [1.82, 2.24) is 15.8 Å². The third-order valence-electron chi connectivity index (χ3n) is 3.72. The third-order valence-corrected chi connectivity index (χ3v) is 3.72. The molecule has 10 heteroatoms. The Kier molecular flexibility index (Phi) is 5.30. The van der Waals surface area contributed by atoms with Gasteiger partial charge in [0.1, 0.15) is 5.69 Å². The molecule has 28 heavy (non-hydrogen) atoms. The summed E-state index contributed by atoms with van der Waals surface area (Å²) in [5, 5.41) is 11.5. The lowest BCUT2D eigenvalue weighted by molar-refractivity contribution is -0.384. The molecular weight excluding hydrogens is 368 g/mol. The van der Waals surface area contributed by atoms with Gasteiger partial charge in [-0.25, -0.2) is 4.79 Å². The average Bonchev–Trinajstić information content (AvgIpc) is 3.14. The molecule has 1 aromatic heterocycles. The summed E-state index contributed by atoms with van der Waals surface area (Å²) in [7, 11) is 0. The molecule has 3 N–H and O–H groups in total. The molecule has 0 radical (unpaired) electrons. The van der Waals surface area contributed by atoms with Crippen LogP contribution in [0.1, 0.15) is 20.8 Å². The second-order valence-corrected chi connectivity index (χ2v) is 5.66. The van der Waals surface area contributed by atoms with Gasteiger partial charge in [0.25, 0.3) is 17.5 Å². The van der Waals surface area contributed by atoms with Crippen LogP contribution in [0.25, 0.3) is 10.9 Å². The van der Waals surface area contributed by atoms with E-state index in [4.69, 9.17) is 4.74 Å². The molecule has 0 unspecified atom stereocenters. The van der Waals surface area contributed by atoms with Crippen LogP contribution < -0.4 is 10.9 Å². The number of esters is 1. The predicted octanol–water partition coefficient (Wildman–Crippen LogP) is 1.69. The molecule has 2 aromatic carbocycles. The predicted molar refractivity (Wildman–Crippen MR) is 97.3 cm³/mol. The van der Waals surface area contributed by atoms with Crippen molar-refractivity contribution in [3.05, 3.63) is 76.0 Å². The zero-order chi connectivity index (χ0) is 20.1. The molecule has 0 bridgehead atoms. The third kappa shape index (κ3) is 4.30. The van der Waals surface area contributed by atoms with Gasteiger partial charge in [-0.1, -0.05) is 24.3 Å². The van der Waals surface area contributed by atoms with Crippen LogP contribution in [0.5, 0.6) is 0 Å². The van der Waals surface area contributed by atoms with E-state index in [1.165, 1.54) is 18.2 Å². The van der Waals surface area contributed by atoms with E-state index in [1.54, 1.807) is 12.1 Å². The van der Waals surface area contributed by atoms with Gasteiger partial charge in [0.15, 0.2) is 6.61 Å². The Balaban J connectivity index is 1.50. The minimum absolute atomic E-state index is 0.00966. The first-order valence-corrected chi connectivity index (χ1v) is 8.02. The fourth-order valence-electron chi connectivity index (χ4n) is 2.39. The Bertz CT molecular complexity index is 1040. The normalized spacial score (nSPS) is 10.3. The molecule has 142 valence electrons. The zero-order valence-corrected chi connectivity index (χ0v) is 14.3. The van der Waals surface area contributed by atoms with Crippen molar-refractivity contribution >= 4 is 34.4 Å². The number of H-pyrrole nitrogens is 1. The second-order valence-electron chi connectivity index (χ2n) is 5.66. The first-order chi connectivity index (χ1) is 13.4. The Hall–Kier alpha value is -4.21. The van der Waals surface area contributed by atoms with E-state index in [0.29, 0.717) is 0 Å². The minimum atomic E-state index is -0.775. The van der Waals surface area contributed by atoms with Crippen molar-refractivity contribution < 1.29 is 24.0 Å². The Labute approximate surface area is 157 Å². The monoisotopic (exact) mass is 382 g/mol. The summed E-state index contributed by atoms with van der Waals surface area (Å²) in [6, 6.07) is 13.8. The number of nitrogens with zero attached hydrogens (tertiary/aromatic N) is 1. The SMILES string of the molecule is O=C(COC(=O)c1cc2ccccc2[nH]1)NNC(=O)c1cccc([N+](=O)[O-])c1.